The fourth-order valence-electron chi connectivity index (χ4n) is 3.16. The van der Waals surface area contributed by atoms with Crippen molar-refractivity contribution >= 4 is 34.7 Å². The second-order valence-electron chi connectivity index (χ2n) is 7.06. The van der Waals surface area contributed by atoms with E-state index in [1.54, 1.807) is 49.6 Å². The van der Waals surface area contributed by atoms with Gasteiger partial charge in [-0.15, -0.1) is 0 Å². The normalized spacial score (nSPS) is 14.1. The number of hydrogen-bond acceptors (Lipinski definition) is 5. The number of rotatable bonds is 7. The molecule has 0 spiro atoms. The van der Waals surface area contributed by atoms with E-state index >= 15 is 0 Å². The third-order valence-electron chi connectivity index (χ3n) is 4.52. The predicted molar refractivity (Wildman–Crippen MR) is 113 cm³/mol. The molecule has 0 atom stereocenters. The summed E-state index contributed by atoms with van der Waals surface area (Å²) in [6, 6.07) is 12.1. The number of carbonyl (C=O) groups is 2. The van der Waals surface area contributed by atoms with E-state index < -0.39 is 0 Å². The third kappa shape index (κ3) is 4.22. The first kappa shape index (κ1) is 20.7. The highest BCUT2D eigenvalue weighted by atomic mass is 35.5. The van der Waals surface area contributed by atoms with Gasteiger partial charge < -0.3 is 14.8 Å². The monoisotopic (exact) mass is 414 g/mol. The zero-order valence-electron chi connectivity index (χ0n) is 16.8. The quantitative estimate of drug-likeness (QED) is 0.687. The average molecular weight is 415 g/mol. The van der Waals surface area contributed by atoms with Crippen LogP contribution in [0.4, 0.5) is 5.69 Å². The summed E-state index contributed by atoms with van der Waals surface area (Å²) in [6.45, 7) is 4.24. The van der Waals surface area contributed by atoms with Crippen LogP contribution in [0.15, 0.2) is 48.2 Å². The Labute approximate surface area is 175 Å². The minimum atomic E-state index is -0.378. The first-order valence-corrected chi connectivity index (χ1v) is 9.59. The Balaban J connectivity index is 2.10. The maximum Gasteiger partial charge on any atom is 0.278 e. The lowest BCUT2D eigenvalue weighted by Crippen LogP contribution is -2.35. The summed E-state index contributed by atoms with van der Waals surface area (Å²) >= 11 is 6.12. The second-order valence-corrected chi connectivity index (χ2v) is 7.50. The molecule has 0 bridgehead atoms. The van der Waals surface area contributed by atoms with Gasteiger partial charge in [-0.1, -0.05) is 37.6 Å². The van der Waals surface area contributed by atoms with Crippen LogP contribution in [0.3, 0.4) is 0 Å². The lowest BCUT2D eigenvalue weighted by Gasteiger charge is -2.17. The number of nitrogens with one attached hydrogen (secondary N) is 1. The number of ether oxygens (including phenoxy) is 2. The Morgan fingerprint density at radius 2 is 1.69 bits per heavy atom. The van der Waals surface area contributed by atoms with Crippen LogP contribution >= 0.6 is 11.6 Å². The molecule has 0 radical (unpaired) electrons. The topological polar surface area (TPSA) is 67.9 Å². The zero-order valence-corrected chi connectivity index (χ0v) is 17.5. The molecule has 0 aromatic heterocycles. The van der Waals surface area contributed by atoms with Crippen molar-refractivity contribution < 1.29 is 19.1 Å². The molecule has 152 valence electrons. The summed E-state index contributed by atoms with van der Waals surface area (Å²) in [4.78, 5) is 27.5. The molecule has 29 heavy (non-hydrogen) atoms. The van der Waals surface area contributed by atoms with Crippen LogP contribution in [-0.2, 0) is 9.59 Å². The van der Waals surface area contributed by atoms with Gasteiger partial charge in [-0.3, -0.25) is 14.5 Å². The van der Waals surface area contributed by atoms with Crippen molar-refractivity contribution in [1.82, 2.24) is 4.90 Å². The van der Waals surface area contributed by atoms with E-state index in [9.17, 15) is 9.59 Å². The van der Waals surface area contributed by atoms with Crippen LogP contribution in [0.2, 0.25) is 5.02 Å². The van der Waals surface area contributed by atoms with Crippen molar-refractivity contribution in [2.75, 3.05) is 26.1 Å². The Bertz CT molecular complexity index is 967. The van der Waals surface area contributed by atoms with E-state index in [0.717, 1.165) is 0 Å². The molecular formula is C22H23ClN2O4. The van der Waals surface area contributed by atoms with Crippen LogP contribution in [0.5, 0.6) is 11.5 Å². The first-order chi connectivity index (χ1) is 13.8. The van der Waals surface area contributed by atoms with Crippen molar-refractivity contribution in [2.45, 2.75) is 13.8 Å². The SMILES string of the molecule is COc1ccc(C2=C(Nc3cc(Cl)ccc3OC)C(=O)N(CC(C)C)C2=O)cc1. The number of nitrogens with zero attached hydrogens (tertiary/aromatic N) is 1. The molecule has 0 aliphatic carbocycles. The zero-order chi connectivity index (χ0) is 21.1. The molecule has 0 saturated heterocycles. The third-order valence-corrected chi connectivity index (χ3v) is 4.75. The molecule has 6 nitrogen and oxygen atoms in total. The van der Waals surface area contributed by atoms with Gasteiger partial charge in [0.05, 0.1) is 25.5 Å². The number of halogens is 1. The van der Waals surface area contributed by atoms with Gasteiger partial charge in [0.25, 0.3) is 11.8 Å². The minimum Gasteiger partial charge on any atom is -0.497 e. The van der Waals surface area contributed by atoms with Crippen molar-refractivity contribution in [1.29, 1.82) is 0 Å². The van der Waals surface area contributed by atoms with E-state index in [1.165, 1.54) is 12.0 Å². The molecule has 2 aromatic rings. The predicted octanol–water partition coefficient (Wildman–Crippen LogP) is 4.21. The summed E-state index contributed by atoms with van der Waals surface area (Å²) in [6.07, 6.45) is 0. The Hall–Kier alpha value is -2.99. The van der Waals surface area contributed by atoms with Crippen LogP contribution < -0.4 is 14.8 Å². The van der Waals surface area contributed by atoms with Gasteiger partial charge in [-0.05, 0) is 41.8 Å². The van der Waals surface area contributed by atoms with Gasteiger partial charge in [0.1, 0.15) is 17.2 Å². The fourth-order valence-corrected chi connectivity index (χ4v) is 3.33. The summed E-state index contributed by atoms with van der Waals surface area (Å²) in [5.74, 6) is 0.601. The first-order valence-electron chi connectivity index (χ1n) is 9.21. The summed E-state index contributed by atoms with van der Waals surface area (Å²) < 4.78 is 10.6. The van der Waals surface area contributed by atoms with Gasteiger partial charge in [0, 0.05) is 11.6 Å². The molecule has 2 aromatic carbocycles. The molecule has 1 aliphatic rings. The average Bonchev–Trinajstić information content (AvgIpc) is 2.92. The molecule has 7 heteroatoms. The van der Waals surface area contributed by atoms with E-state index in [1.807, 2.05) is 13.8 Å². The minimum absolute atomic E-state index is 0.139. The maximum absolute atomic E-state index is 13.1. The smallest absolute Gasteiger partial charge is 0.278 e. The largest absolute Gasteiger partial charge is 0.497 e. The second kappa shape index (κ2) is 8.57. The maximum atomic E-state index is 13.1. The Kier molecular flexibility index (Phi) is 6.13. The fraction of sp³-hybridized carbons (Fsp3) is 0.273. The van der Waals surface area contributed by atoms with Crippen LogP contribution in [0, 0.1) is 5.92 Å². The Morgan fingerprint density at radius 1 is 1.00 bits per heavy atom. The number of methoxy groups -OCH3 is 2. The number of anilines is 1. The van der Waals surface area contributed by atoms with Gasteiger partial charge in [0.2, 0.25) is 0 Å². The van der Waals surface area contributed by atoms with Crippen molar-refractivity contribution in [3.8, 4) is 11.5 Å². The van der Waals surface area contributed by atoms with E-state index in [2.05, 4.69) is 5.32 Å². The standard InChI is InChI=1S/C22H23ClN2O4/c1-13(2)12-25-21(26)19(14-5-8-16(28-3)9-6-14)20(22(25)27)24-17-11-15(23)7-10-18(17)29-4/h5-11,13,24H,12H2,1-4H3. The molecular weight excluding hydrogens is 392 g/mol. The number of carbonyl (C=O) groups excluding carboxylic acids is 2. The molecule has 0 saturated carbocycles. The summed E-state index contributed by atoms with van der Waals surface area (Å²) in [5, 5.41) is 3.57. The highest BCUT2D eigenvalue weighted by Crippen LogP contribution is 2.35. The van der Waals surface area contributed by atoms with Crippen LogP contribution in [-0.4, -0.2) is 37.5 Å². The molecule has 0 unspecified atom stereocenters. The number of amides is 2. The van der Waals surface area contributed by atoms with Gasteiger partial charge in [-0.25, -0.2) is 0 Å². The van der Waals surface area contributed by atoms with Crippen molar-refractivity contribution in [3.63, 3.8) is 0 Å². The highest BCUT2D eigenvalue weighted by Gasteiger charge is 2.39. The van der Waals surface area contributed by atoms with E-state index in [4.69, 9.17) is 21.1 Å². The van der Waals surface area contributed by atoms with E-state index in [0.29, 0.717) is 39.9 Å². The molecule has 1 heterocycles. The lowest BCUT2D eigenvalue weighted by atomic mass is 10.0. The molecule has 2 amide bonds. The lowest BCUT2D eigenvalue weighted by molar-refractivity contribution is -0.137. The molecule has 0 fully saturated rings. The van der Waals surface area contributed by atoms with E-state index in [-0.39, 0.29) is 23.4 Å². The van der Waals surface area contributed by atoms with Crippen molar-refractivity contribution in [2.24, 2.45) is 5.92 Å². The molecule has 3 rings (SSSR count). The van der Waals surface area contributed by atoms with Crippen molar-refractivity contribution in [3.05, 3.63) is 58.7 Å². The molecule has 1 aliphatic heterocycles. The van der Waals surface area contributed by atoms with Gasteiger partial charge in [-0.2, -0.15) is 0 Å². The Morgan fingerprint density at radius 3 is 2.28 bits per heavy atom. The van der Waals surface area contributed by atoms with Gasteiger partial charge in [0.15, 0.2) is 0 Å². The number of benzene rings is 2. The van der Waals surface area contributed by atoms with Gasteiger partial charge >= 0.3 is 0 Å². The highest BCUT2D eigenvalue weighted by molar-refractivity contribution is 6.36. The number of imide groups is 1. The summed E-state index contributed by atoms with van der Waals surface area (Å²) in [5.41, 5.74) is 1.63. The number of hydrogen-bond donors (Lipinski definition) is 1. The summed E-state index contributed by atoms with van der Waals surface area (Å²) in [7, 11) is 3.10. The molecule has 1 N–H and O–H groups in total. The van der Waals surface area contributed by atoms with Crippen LogP contribution in [0.25, 0.3) is 5.57 Å². The van der Waals surface area contributed by atoms with Crippen LogP contribution in [0.1, 0.15) is 19.4 Å².